The predicted octanol–water partition coefficient (Wildman–Crippen LogP) is 3.12. The number of benzene rings is 2. The number of ether oxygens (including phenoxy) is 1. The lowest BCUT2D eigenvalue weighted by atomic mass is 10.1. The molecule has 0 fully saturated rings. The summed E-state index contributed by atoms with van der Waals surface area (Å²) in [6.45, 7) is 0.341. The molecule has 0 aliphatic heterocycles. The number of amides is 1. The topological polar surface area (TPSA) is 107 Å². The minimum Gasteiger partial charge on any atom is -0.493 e. The van der Waals surface area contributed by atoms with Gasteiger partial charge in [0.05, 0.1) is 17.7 Å². The van der Waals surface area contributed by atoms with Crippen molar-refractivity contribution >= 4 is 5.91 Å². The van der Waals surface area contributed by atoms with E-state index >= 15 is 0 Å². The summed E-state index contributed by atoms with van der Waals surface area (Å²) in [4.78, 5) is 27.3. The second-order valence-electron chi connectivity index (χ2n) is 6.45. The van der Waals surface area contributed by atoms with Gasteiger partial charge in [-0.25, -0.2) is 4.79 Å². The molecule has 0 saturated carbocycles. The van der Waals surface area contributed by atoms with Crippen molar-refractivity contribution in [3.05, 3.63) is 75.8 Å². The summed E-state index contributed by atoms with van der Waals surface area (Å²) in [5, 5.41) is 12.1. The van der Waals surface area contributed by atoms with Crippen molar-refractivity contribution in [3.63, 3.8) is 0 Å². The van der Waals surface area contributed by atoms with E-state index in [4.69, 9.17) is 4.74 Å². The number of aromatic hydroxyl groups is 1. The quantitative estimate of drug-likeness (QED) is 0.470. The number of halogens is 3. The summed E-state index contributed by atoms with van der Waals surface area (Å²) in [6, 6.07) is 11.3. The van der Waals surface area contributed by atoms with Crippen molar-refractivity contribution in [2.45, 2.75) is 19.0 Å². The van der Waals surface area contributed by atoms with E-state index in [9.17, 15) is 27.9 Å². The molecule has 0 radical (unpaired) electrons. The van der Waals surface area contributed by atoms with Gasteiger partial charge in [0, 0.05) is 6.54 Å². The Morgan fingerprint density at radius 2 is 1.60 bits per heavy atom. The zero-order chi connectivity index (χ0) is 21.7. The molecule has 158 valence electrons. The highest BCUT2D eigenvalue weighted by Gasteiger charge is 2.30. The van der Waals surface area contributed by atoms with E-state index in [0.29, 0.717) is 18.7 Å². The van der Waals surface area contributed by atoms with Gasteiger partial charge in [-0.2, -0.15) is 13.2 Å². The predicted molar refractivity (Wildman–Crippen MR) is 101 cm³/mol. The molecule has 0 bridgehead atoms. The Morgan fingerprint density at radius 3 is 2.13 bits per heavy atom. The molecule has 4 N–H and O–H groups in total. The summed E-state index contributed by atoms with van der Waals surface area (Å²) in [5.74, 6) is 0.0325. The van der Waals surface area contributed by atoms with Crippen LogP contribution in [0.3, 0.4) is 0 Å². The van der Waals surface area contributed by atoms with Crippen LogP contribution in [0.15, 0.2) is 53.3 Å². The van der Waals surface area contributed by atoms with Crippen molar-refractivity contribution < 1.29 is 27.8 Å². The Balaban J connectivity index is 1.47. The number of hydrogen-bond acceptors (Lipinski definition) is 4. The standard InChI is InChI=1S/C20H18F3N3O4/c21-20(22,23)13-3-7-15(8-4-13)30-14-5-1-12(2-6-14)9-10-24-17(27)11-16-18(28)26-19(29)25-16/h1-8,28H,9-11H2,(H,24,27)(H2,25,26,29). The van der Waals surface area contributed by atoms with Gasteiger partial charge in [-0.05, 0) is 48.4 Å². The Kier molecular flexibility index (Phi) is 6.14. The van der Waals surface area contributed by atoms with E-state index in [1.807, 2.05) is 0 Å². The summed E-state index contributed by atoms with van der Waals surface area (Å²) in [5.41, 5.74) is -0.311. The minimum atomic E-state index is -4.39. The molecular weight excluding hydrogens is 403 g/mol. The van der Waals surface area contributed by atoms with Crippen molar-refractivity contribution in [2.75, 3.05) is 6.54 Å². The average molecular weight is 421 g/mol. The van der Waals surface area contributed by atoms with Gasteiger partial charge in [-0.15, -0.1) is 0 Å². The molecule has 1 amide bonds. The maximum atomic E-state index is 12.6. The molecule has 0 aliphatic carbocycles. The minimum absolute atomic E-state index is 0.113. The highest BCUT2D eigenvalue weighted by atomic mass is 19.4. The van der Waals surface area contributed by atoms with Gasteiger partial charge < -0.3 is 20.1 Å². The van der Waals surface area contributed by atoms with Crippen LogP contribution >= 0.6 is 0 Å². The van der Waals surface area contributed by atoms with Crippen LogP contribution in [-0.2, 0) is 23.8 Å². The summed E-state index contributed by atoms with van der Waals surface area (Å²) in [7, 11) is 0. The fourth-order valence-corrected chi connectivity index (χ4v) is 2.68. The van der Waals surface area contributed by atoms with Crippen LogP contribution in [0.25, 0.3) is 0 Å². The first-order valence-corrected chi connectivity index (χ1v) is 8.91. The van der Waals surface area contributed by atoms with Crippen LogP contribution in [0.1, 0.15) is 16.8 Å². The maximum Gasteiger partial charge on any atom is 0.416 e. The molecule has 0 saturated heterocycles. The lowest BCUT2D eigenvalue weighted by Crippen LogP contribution is -2.27. The highest BCUT2D eigenvalue weighted by Crippen LogP contribution is 2.31. The number of carbonyl (C=O) groups is 1. The lowest BCUT2D eigenvalue weighted by Gasteiger charge is -2.10. The summed E-state index contributed by atoms with van der Waals surface area (Å²) in [6.07, 6.45) is -4.03. The first kappa shape index (κ1) is 21.0. The summed E-state index contributed by atoms with van der Waals surface area (Å²) < 4.78 is 43.3. The van der Waals surface area contributed by atoms with Crippen LogP contribution < -0.4 is 15.7 Å². The second-order valence-corrected chi connectivity index (χ2v) is 6.45. The normalized spacial score (nSPS) is 11.3. The van der Waals surface area contributed by atoms with Crippen molar-refractivity contribution in [3.8, 4) is 17.4 Å². The number of alkyl halides is 3. The highest BCUT2D eigenvalue weighted by molar-refractivity contribution is 5.78. The van der Waals surface area contributed by atoms with E-state index < -0.39 is 17.4 Å². The monoisotopic (exact) mass is 421 g/mol. The van der Waals surface area contributed by atoms with Gasteiger partial charge in [0.15, 0.2) is 0 Å². The van der Waals surface area contributed by atoms with E-state index in [1.54, 1.807) is 24.3 Å². The number of aromatic nitrogens is 2. The van der Waals surface area contributed by atoms with Crippen LogP contribution in [0, 0.1) is 0 Å². The zero-order valence-corrected chi connectivity index (χ0v) is 15.5. The first-order valence-electron chi connectivity index (χ1n) is 8.91. The Hall–Kier alpha value is -3.69. The van der Waals surface area contributed by atoms with Crippen molar-refractivity contribution in [1.82, 2.24) is 15.3 Å². The molecule has 0 spiro atoms. The fraction of sp³-hybridized carbons (Fsp3) is 0.200. The molecule has 0 unspecified atom stereocenters. The molecule has 1 aromatic heterocycles. The summed E-state index contributed by atoms with van der Waals surface area (Å²) >= 11 is 0. The van der Waals surface area contributed by atoms with Gasteiger partial charge in [-0.3, -0.25) is 9.78 Å². The first-order chi connectivity index (χ1) is 14.2. The molecule has 7 nitrogen and oxygen atoms in total. The third kappa shape index (κ3) is 5.66. The number of rotatable bonds is 7. The third-order valence-electron chi connectivity index (χ3n) is 4.20. The van der Waals surface area contributed by atoms with Crippen LogP contribution in [0.2, 0.25) is 0 Å². The van der Waals surface area contributed by atoms with E-state index in [-0.39, 0.29) is 29.7 Å². The molecule has 0 aliphatic rings. The van der Waals surface area contributed by atoms with E-state index in [1.165, 1.54) is 12.1 Å². The van der Waals surface area contributed by atoms with Crippen LogP contribution in [0.5, 0.6) is 17.4 Å². The van der Waals surface area contributed by atoms with Crippen LogP contribution in [-0.4, -0.2) is 27.5 Å². The molecule has 30 heavy (non-hydrogen) atoms. The number of carbonyl (C=O) groups excluding carboxylic acids is 1. The number of aromatic amines is 2. The molecule has 2 aromatic carbocycles. The van der Waals surface area contributed by atoms with Gasteiger partial charge in [0.1, 0.15) is 11.5 Å². The third-order valence-corrected chi connectivity index (χ3v) is 4.20. The Morgan fingerprint density at radius 1 is 1.00 bits per heavy atom. The molecule has 3 aromatic rings. The second kappa shape index (κ2) is 8.76. The molecular formula is C20H18F3N3O4. The van der Waals surface area contributed by atoms with Crippen LogP contribution in [0.4, 0.5) is 13.2 Å². The van der Waals surface area contributed by atoms with Crippen molar-refractivity contribution in [1.29, 1.82) is 0 Å². The zero-order valence-electron chi connectivity index (χ0n) is 15.5. The van der Waals surface area contributed by atoms with E-state index in [2.05, 4.69) is 15.3 Å². The Labute approximate surface area is 168 Å². The smallest absolute Gasteiger partial charge is 0.416 e. The molecule has 3 rings (SSSR count). The fourth-order valence-electron chi connectivity index (χ4n) is 2.68. The number of H-pyrrole nitrogens is 2. The lowest BCUT2D eigenvalue weighted by molar-refractivity contribution is -0.137. The Bertz CT molecular complexity index is 1050. The number of nitrogens with one attached hydrogen (secondary N) is 3. The van der Waals surface area contributed by atoms with E-state index in [0.717, 1.165) is 17.7 Å². The molecule has 10 heteroatoms. The van der Waals surface area contributed by atoms with Gasteiger partial charge in [0.25, 0.3) is 0 Å². The number of imidazole rings is 1. The average Bonchev–Trinajstić information content (AvgIpc) is 2.99. The van der Waals surface area contributed by atoms with Gasteiger partial charge in [-0.1, -0.05) is 12.1 Å². The number of hydrogen-bond donors (Lipinski definition) is 4. The van der Waals surface area contributed by atoms with Gasteiger partial charge >= 0.3 is 11.9 Å². The SMILES string of the molecule is O=C(Cc1[nH]c(=O)[nH]c1O)NCCc1ccc(Oc2ccc(C(F)(F)F)cc2)cc1. The molecule has 1 heterocycles. The maximum absolute atomic E-state index is 12.6. The van der Waals surface area contributed by atoms with Crippen molar-refractivity contribution in [2.24, 2.45) is 0 Å². The van der Waals surface area contributed by atoms with Gasteiger partial charge in [0.2, 0.25) is 11.8 Å². The molecule has 0 atom stereocenters. The largest absolute Gasteiger partial charge is 0.493 e.